The van der Waals surface area contributed by atoms with Crippen molar-refractivity contribution in [2.45, 2.75) is 39.2 Å². The van der Waals surface area contributed by atoms with Crippen LogP contribution in [0.3, 0.4) is 0 Å². The van der Waals surface area contributed by atoms with E-state index in [1.807, 2.05) is 56.3 Å². The van der Waals surface area contributed by atoms with Crippen molar-refractivity contribution in [1.82, 2.24) is 14.7 Å². The van der Waals surface area contributed by atoms with E-state index in [2.05, 4.69) is 15.5 Å². The van der Waals surface area contributed by atoms with Crippen LogP contribution in [-0.4, -0.2) is 20.6 Å². The molecule has 1 aliphatic carbocycles. The van der Waals surface area contributed by atoms with Gasteiger partial charge in [0.2, 0.25) is 5.91 Å². The Morgan fingerprint density at radius 3 is 2.61 bits per heavy atom. The lowest BCUT2D eigenvalue weighted by molar-refractivity contribution is -0.116. The van der Waals surface area contributed by atoms with Gasteiger partial charge in [-0.25, -0.2) is 0 Å². The third-order valence-corrected chi connectivity index (χ3v) is 5.68. The molecule has 0 atom stereocenters. The van der Waals surface area contributed by atoms with E-state index in [-0.39, 0.29) is 18.0 Å². The van der Waals surface area contributed by atoms with Crippen molar-refractivity contribution < 1.29 is 9.32 Å². The molecular weight excluding hydrogens is 392 g/mol. The summed E-state index contributed by atoms with van der Waals surface area (Å²) in [4.78, 5) is 30.3. The van der Waals surface area contributed by atoms with E-state index in [1.165, 1.54) is 10.6 Å². The van der Waals surface area contributed by atoms with Gasteiger partial charge in [0, 0.05) is 23.1 Å². The average Bonchev–Trinajstić information content (AvgIpc) is 3.49. The molecule has 1 saturated carbocycles. The molecule has 0 unspecified atom stereocenters. The Labute approximate surface area is 178 Å². The smallest absolute Gasteiger partial charge is 0.258 e. The van der Waals surface area contributed by atoms with Gasteiger partial charge in [-0.3, -0.25) is 14.2 Å². The van der Waals surface area contributed by atoms with Crippen LogP contribution in [0.2, 0.25) is 0 Å². The zero-order valence-corrected chi connectivity index (χ0v) is 17.4. The van der Waals surface area contributed by atoms with Gasteiger partial charge >= 0.3 is 0 Å². The molecule has 31 heavy (non-hydrogen) atoms. The summed E-state index contributed by atoms with van der Waals surface area (Å²) in [5, 5.41) is 7.80. The first-order valence-corrected chi connectivity index (χ1v) is 10.3. The number of hydrogen-bond donors (Lipinski definition) is 1. The van der Waals surface area contributed by atoms with E-state index >= 15 is 0 Å². The maximum Gasteiger partial charge on any atom is 0.258 e. The summed E-state index contributed by atoms with van der Waals surface area (Å²) < 4.78 is 6.93. The van der Waals surface area contributed by atoms with Crippen molar-refractivity contribution in [3.8, 4) is 11.5 Å². The predicted molar refractivity (Wildman–Crippen MR) is 118 cm³/mol. The topological polar surface area (TPSA) is 90.0 Å². The van der Waals surface area contributed by atoms with Gasteiger partial charge in [0.15, 0.2) is 5.82 Å². The van der Waals surface area contributed by atoms with Crippen LogP contribution in [-0.2, 0) is 11.3 Å². The molecule has 4 aromatic rings. The number of nitrogens with zero attached hydrogens (tertiary/aromatic N) is 3. The summed E-state index contributed by atoms with van der Waals surface area (Å²) in [6.45, 7) is 3.79. The lowest BCUT2D eigenvalue weighted by Gasteiger charge is -2.14. The highest BCUT2D eigenvalue weighted by atomic mass is 16.5. The standard InChI is InChI=1S/C24H22N4O3/c1-14-6-5-7-15(2)22(14)25-20(29)13-28-19-9-4-3-8-17(19)18(12-21(28)30)24-26-23(27-31-24)16-10-11-16/h3-9,12,16H,10-11,13H2,1-2H3,(H,25,29). The van der Waals surface area contributed by atoms with Crippen LogP contribution in [0, 0.1) is 13.8 Å². The molecule has 1 aliphatic rings. The first-order valence-electron chi connectivity index (χ1n) is 10.3. The summed E-state index contributed by atoms with van der Waals surface area (Å²) in [6, 6.07) is 14.8. The van der Waals surface area contributed by atoms with Gasteiger partial charge in [-0.15, -0.1) is 0 Å². The number of pyridine rings is 1. The summed E-state index contributed by atoms with van der Waals surface area (Å²) in [6.07, 6.45) is 2.13. The second-order valence-corrected chi connectivity index (χ2v) is 8.05. The summed E-state index contributed by atoms with van der Waals surface area (Å²) in [5.41, 5.74) is 3.67. The molecule has 2 heterocycles. The number of aromatic nitrogens is 3. The van der Waals surface area contributed by atoms with Crippen LogP contribution in [0.5, 0.6) is 0 Å². The lowest BCUT2D eigenvalue weighted by atomic mass is 10.1. The molecule has 7 heteroatoms. The third-order valence-electron chi connectivity index (χ3n) is 5.68. The molecule has 1 fully saturated rings. The van der Waals surface area contributed by atoms with Crippen LogP contribution in [0.25, 0.3) is 22.4 Å². The summed E-state index contributed by atoms with van der Waals surface area (Å²) >= 11 is 0. The largest absolute Gasteiger partial charge is 0.334 e. The Balaban J connectivity index is 1.51. The fourth-order valence-electron chi connectivity index (χ4n) is 3.86. The minimum atomic E-state index is -0.295. The fourth-order valence-corrected chi connectivity index (χ4v) is 3.86. The number of anilines is 1. The molecule has 7 nitrogen and oxygen atoms in total. The van der Waals surface area contributed by atoms with Crippen molar-refractivity contribution in [2.75, 3.05) is 5.32 Å². The molecule has 0 radical (unpaired) electrons. The Bertz CT molecular complexity index is 1340. The van der Waals surface area contributed by atoms with Crippen molar-refractivity contribution in [2.24, 2.45) is 0 Å². The first kappa shape index (κ1) is 19.2. The highest BCUT2D eigenvalue weighted by molar-refractivity contribution is 5.95. The van der Waals surface area contributed by atoms with E-state index in [1.54, 1.807) is 0 Å². The second kappa shape index (κ2) is 7.50. The van der Waals surface area contributed by atoms with E-state index in [9.17, 15) is 9.59 Å². The summed E-state index contributed by atoms with van der Waals surface area (Å²) in [7, 11) is 0. The highest BCUT2D eigenvalue weighted by Crippen LogP contribution is 2.39. The summed E-state index contributed by atoms with van der Waals surface area (Å²) in [5.74, 6) is 1.13. The van der Waals surface area contributed by atoms with Crippen LogP contribution < -0.4 is 10.9 Å². The number of carbonyl (C=O) groups excluding carboxylic acids is 1. The van der Waals surface area contributed by atoms with Crippen molar-refractivity contribution in [1.29, 1.82) is 0 Å². The van der Waals surface area contributed by atoms with E-state index in [0.717, 1.165) is 35.0 Å². The van der Waals surface area contributed by atoms with Gasteiger partial charge in [-0.05, 0) is 43.9 Å². The number of rotatable bonds is 5. The van der Waals surface area contributed by atoms with Gasteiger partial charge in [-0.2, -0.15) is 4.98 Å². The number of benzene rings is 2. The molecule has 2 aromatic heterocycles. The normalized spacial score (nSPS) is 13.5. The number of nitrogens with one attached hydrogen (secondary N) is 1. The van der Waals surface area contributed by atoms with Crippen molar-refractivity contribution in [3.63, 3.8) is 0 Å². The number of aryl methyl sites for hydroxylation is 2. The molecule has 0 bridgehead atoms. The van der Waals surface area contributed by atoms with Gasteiger partial charge in [0.1, 0.15) is 6.54 Å². The van der Waals surface area contributed by atoms with Gasteiger partial charge in [-0.1, -0.05) is 41.6 Å². The number of hydrogen-bond acceptors (Lipinski definition) is 5. The molecule has 1 amide bonds. The zero-order chi connectivity index (χ0) is 21.5. The van der Waals surface area contributed by atoms with Gasteiger partial charge < -0.3 is 9.84 Å². The minimum Gasteiger partial charge on any atom is -0.334 e. The van der Waals surface area contributed by atoms with Crippen LogP contribution in [0.4, 0.5) is 5.69 Å². The Kier molecular flexibility index (Phi) is 4.66. The number of carbonyl (C=O) groups is 1. The minimum absolute atomic E-state index is 0.0927. The molecule has 5 rings (SSSR count). The van der Waals surface area contributed by atoms with E-state index in [0.29, 0.717) is 28.7 Å². The zero-order valence-electron chi connectivity index (χ0n) is 17.4. The Hall–Kier alpha value is -3.74. The quantitative estimate of drug-likeness (QED) is 0.529. The SMILES string of the molecule is Cc1cccc(C)c1NC(=O)Cn1c(=O)cc(-c2nc(C3CC3)no2)c2ccccc21. The van der Waals surface area contributed by atoms with Crippen molar-refractivity contribution in [3.05, 3.63) is 75.8 Å². The van der Waals surface area contributed by atoms with Crippen molar-refractivity contribution >= 4 is 22.5 Å². The van der Waals surface area contributed by atoms with E-state index in [4.69, 9.17) is 4.52 Å². The van der Waals surface area contributed by atoms with Gasteiger partial charge in [0.05, 0.1) is 11.1 Å². The molecule has 0 aliphatic heterocycles. The average molecular weight is 414 g/mol. The monoisotopic (exact) mass is 414 g/mol. The molecular formula is C24H22N4O3. The highest BCUT2D eigenvalue weighted by Gasteiger charge is 2.29. The number of fused-ring (bicyclic) bond motifs is 1. The lowest BCUT2D eigenvalue weighted by Crippen LogP contribution is -2.28. The number of amides is 1. The van der Waals surface area contributed by atoms with E-state index < -0.39 is 0 Å². The first-order chi connectivity index (χ1) is 15.0. The fraction of sp³-hybridized carbons (Fsp3) is 0.250. The maximum absolute atomic E-state index is 13.0. The molecule has 2 aromatic carbocycles. The molecule has 1 N–H and O–H groups in total. The molecule has 0 spiro atoms. The Morgan fingerprint density at radius 1 is 1.13 bits per heavy atom. The Morgan fingerprint density at radius 2 is 1.87 bits per heavy atom. The third kappa shape index (κ3) is 3.63. The van der Waals surface area contributed by atoms with Gasteiger partial charge in [0.25, 0.3) is 11.4 Å². The molecule has 156 valence electrons. The van der Waals surface area contributed by atoms with Crippen LogP contribution >= 0.6 is 0 Å². The van der Waals surface area contributed by atoms with Crippen LogP contribution in [0.1, 0.15) is 35.7 Å². The second-order valence-electron chi connectivity index (χ2n) is 8.05. The van der Waals surface area contributed by atoms with Crippen LogP contribution in [0.15, 0.2) is 57.8 Å². The predicted octanol–water partition coefficient (Wildman–Crippen LogP) is 4.18. The maximum atomic E-state index is 13.0. The molecule has 0 saturated heterocycles. The number of para-hydroxylation sites is 2.